The van der Waals surface area contributed by atoms with Crippen molar-refractivity contribution in [3.8, 4) is 0 Å². The molecule has 96 valence electrons. The van der Waals surface area contributed by atoms with Crippen LogP contribution in [-0.4, -0.2) is 17.6 Å². The van der Waals surface area contributed by atoms with Gasteiger partial charge < -0.3 is 9.30 Å². The average Bonchev–Trinajstić information content (AvgIpc) is 2.64. The summed E-state index contributed by atoms with van der Waals surface area (Å²) >= 11 is 5.71. The standard InChI is InChI=1S/C13H13BrINO2/c1-7(2)16-6-10(15)12-9(13(17)18-3)4-8(14)5-11(12)16/h4-7H,1-3H3. The number of rotatable bonds is 2. The normalized spacial score (nSPS) is 11.2. The molecule has 0 radical (unpaired) electrons. The van der Waals surface area contributed by atoms with Gasteiger partial charge in [-0.05, 0) is 48.6 Å². The molecule has 0 unspecified atom stereocenters. The lowest BCUT2D eigenvalue weighted by molar-refractivity contribution is 0.0603. The van der Waals surface area contributed by atoms with Crippen LogP contribution < -0.4 is 0 Å². The molecule has 18 heavy (non-hydrogen) atoms. The van der Waals surface area contributed by atoms with Gasteiger partial charge in [0.25, 0.3) is 0 Å². The predicted molar refractivity (Wildman–Crippen MR) is 84.1 cm³/mol. The Bertz CT molecular complexity index is 619. The van der Waals surface area contributed by atoms with Gasteiger partial charge in [0, 0.05) is 25.7 Å². The Morgan fingerprint density at radius 3 is 2.67 bits per heavy atom. The number of methoxy groups -OCH3 is 1. The van der Waals surface area contributed by atoms with E-state index in [2.05, 4.69) is 63.1 Å². The maximum Gasteiger partial charge on any atom is 0.338 e. The first kappa shape index (κ1) is 13.9. The first-order valence-corrected chi connectivity index (χ1v) is 7.40. The van der Waals surface area contributed by atoms with E-state index in [1.165, 1.54) is 7.11 Å². The highest BCUT2D eigenvalue weighted by Crippen LogP contribution is 2.32. The molecule has 0 saturated heterocycles. The van der Waals surface area contributed by atoms with Gasteiger partial charge in [0.2, 0.25) is 0 Å². The minimum Gasteiger partial charge on any atom is -0.465 e. The molecule has 0 aliphatic heterocycles. The Hall–Kier alpha value is -0.560. The third kappa shape index (κ3) is 2.30. The number of nitrogens with zero attached hydrogens (tertiary/aromatic N) is 1. The maximum atomic E-state index is 11.9. The van der Waals surface area contributed by atoms with Crippen LogP contribution in [0.25, 0.3) is 10.9 Å². The van der Waals surface area contributed by atoms with E-state index in [4.69, 9.17) is 4.74 Å². The molecule has 3 nitrogen and oxygen atoms in total. The smallest absolute Gasteiger partial charge is 0.338 e. The quantitative estimate of drug-likeness (QED) is 0.532. The summed E-state index contributed by atoms with van der Waals surface area (Å²) in [6.07, 6.45) is 2.06. The Labute approximate surface area is 128 Å². The number of aromatic nitrogens is 1. The molecule has 0 saturated carbocycles. The number of carbonyl (C=O) groups excluding carboxylic acids is 1. The number of carbonyl (C=O) groups is 1. The fraction of sp³-hybridized carbons (Fsp3) is 0.308. The molecule has 1 aromatic heterocycles. The molecule has 2 rings (SSSR count). The number of hydrogen-bond acceptors (Lipinski definition) is 2. The molecule has 0 amide bonds. The first-order chi connectivity index (χ1) is 8.45. The zero-order chi connectivity index (χ0) is 13.4. The molecule has 0 aliphatic carbocycles. The molecule has 0 spiro atoms. The van der Waals surface area contributed by atoms with E-state index in [9.17, 15) is 4.79 Å². The van der Waals surface area contributed by atoms with Gasteiger partial charge in [-0.15, -0.1) is 0 Å². The summed E-state index contributed by atoms with van der Waals surface area (Å²) in [6.45, 7) is 4.24. The molecule has 0 bridgehead atoms. The largest absolute Gasteiger partial charge is 0.465 e. The third-order valence-corrected chi connectivity index (χ3v) is 4.09. The Morgan fingerprint density at radius 2 is 2.11 bits per heavy atom. The van der Waals surface area contributed by atoms with Gasteiger partial charge in [0.15, 0.2) is 0 Å². The predicted octanol–water partition coefficient (Wildman–Crippen LogP) is 4.38. The van der Waals surface area contributed by atoms with Crippen LogP contribution in [0.3, 0.4) is 0 Å². The van der Waals surface area contributed by atoms with Gasteiger partial charge in [-0.2, -0.15) is 0 Å². The van der Waals surface area contributed by atoms with E-state index in [0.717, 1.165) is 18.9 Å². The Balaban J connectivity index is 2.84. The van der Waals surface area contributed by atoms with Crippen LogP contribution in [0.4, 0.5) is 0 Å². The number of fused-ring (bicyclic) bond motifs is 1. The Kier molecular flexibility index (Phi) is 4.01. The van der Waals surface area contributed by atoms with Gasteiger partial charge in [0.1, 0.15) is 0 Å². The van der Waals surface area contributed by atoms with Crippen molar-refractivity contribution in [2.45, 2.75) is 19.9 Å². The van der Waals surface area contributed by atoms with Gasteiger partial charge >= 0.3 is 5.97 Å². The fourth-order valence-corrected chi connectivity index (χ4v) is 3.31. The summed E-state index contributed by atoms with van der Waals surface area (Å²) in [6, 6.07) is 4.18. The number of hydrogen-bond donors (Lipinski definition) is 0. The minimum atomic E-state index is -0.305. The second-order valence-corrected chi connectivity index (χ2v) is 6.39. The average molecular weight is 422 g/mol. The summed E-state index contributed by atoms with van der Waals surface area (Å²) in [5.74, 6) is -0.305. The zero-order valence-electron chi connectivity index (χ0n) is 10.3. The van der Waals surface area contributed by atoms with Crippen LogP contribution in [0.15, 0.2) is 22.8 Å². The molecule has 1 aromatic carbocycles. The third-order valence-electron chi connectivity index (χ3n) is 2.81. The van der Waals surface area contributed by atoms with Crippen LogP contribution in [0.2, 0.25) is 0 Å². The van der Waals surface area contributed by atoms with Crippen LogP contribution in [-0.2, 0) is 4.74 Å². The maximum absolute atomic E-state index is 11.9. The van der Waals surface area contributed by atoms with E-state index in [0.29, 0.717) is 11.6 Å². The number of ether oxygens (including phenoxy) is 1. The molecular formula is C13H13BrINO2. The summed E-state index contributed by atoms with van der Waals surface area (Å²) in [7, 11) is 1.40. The molecule has 5 heteroatoms. The van der Waals surface area contributed by atoms with Crippen LogP contribution >= 0.6 is 38.5 Å². The van der Waals surface area contributed by atoms with Crippen molar-refractivity contribution in [2.24, 2.45) is 0 Å². The molecule has 0 fully saturated rings. The van der Waals surface area contributed by atoms with Crippen molar-refractivity contribution in [2.75, 3.05) is 7.11 Å². The highest BCUT2D eigenvalue weighted by atomic mass is 127. The lowest BCUT2D eigenvalue weighted by Gasteiger charge is -2.10. The van der Waals surface area contributed by atoms with Crippen LogP contribution in [0.5, 0.6) is 0 Å². The first-order valence-electron chi connectivity index (χ1n) is 5.53. The van der Waals surface area contributed by atoms with Crippen molar-refractivity contribution in [3.05, 3.63) is 31.9 Å². The molecule has 2 aromatic rings. The van der Waals surface area contributed by atoms with E-state index in [1.54, 1.807) is 6.07 Å². The van der Waals surface area contributed by atoms with Crippen LogP contribution in [0, 0.1) is 3.57 Å². The highest BCUT2D eigenvalue weighted by molar-refractivity contribution is 14.1. The summed E-state index contributed by atoms with van der Waals surface area (Å²) < 4.78 is 8.95. The topological polar surface area (TPSA) is 31.2 Å². The number of benzene rings is 1. The molecule has 1 heterocycles. The number of halogens is 2. The zero-order valence-corrected chi connectivity index (χ0v) is 14.1. The monoisotopic (exact) mass is 421 g/mol. The van der Waals surface area contributed by atoms with E-state index in [1.807, 2.05) is 6.07 Å². The van der Waals surface area contributed by atoms with Gasteiger partial charge in [-0.25, -0.2) is 4.79 Å². The highest BCUT2D eigenvalue weighted by Gasteiger charge is 2.18. The second-order valence-electron chi connectivity index (χ2n) is 4.32. The van der Waals surface area contributed by atoms with E-state index in [-0.39, 0.29) is 5.97 Å². The molecule has 0 aliphatic rings. The van der Waals surface area contributed by atoms with Crippen molar-refractivity contribution in [1.29, 1.82) is 0 Å². The fourth-order valence-electron chi connectivity index (χ4n) is 2.00. The lowest BCUT2D eigenvalue weighted by Crippen LogP contribution is -2.03. The van der Waals surface area contributed by atoms with Crippen molar-refractivity contribution in [3.63, 3.8) is 0 Å². The van der Waals surface area contributed by atoms with Crippen molar-refractivity contribution < 1.29 is 9.53 Å². The van der Waals surface area contributed by atoms with Crippen molar-refractivity contribution in [1.82, 2.24) is 4.57 Å². The van der Waals surface area contributed by atoms with Gasteiger partial charge in [-0.3, -0.25) is 0 Å². The molecule has 0 atom stereocenters. The van der Waals surface area contributed by atoms with Gasteiger partial charge in [0.05, 0.1) is 18.2 Å². The Morgan fingerprint density at radius 1 is 1.44 bits per heavy atom. The summed E-state index contributed by atoms with van der Waals surface area (Å²) in [4.78, 5) is 11.9. The lowest BCUT2D eigenvalue weighted by atomic mass is 10.1. The van der Waals surface area contributed by atoms with Gasteiger partial charge in [-0.1, -0.05) is 15.9 Å². The summed E-state index contributed by atoms with van der Waals surface area (Å²) in [5, 5.41) is 0.958. The summed E-state index contributed by atoms with van der Waals surface area (Å²) in [5.41, 5.74) is 1.65. The van der Waals surface area contributed by atoms with Crippen molar-refractivity contribution >= 4 is 55.4 Å². The van der Waals surface area contributed by atoms with E-state index < -0.39 is 0 Å². The van der Waals surface area contributed by atoms with Crippen LogP contribution in [0.1, 0.15) is 30.2 Å². The second kappa shape index (κ2) is 5.21. The minimum absolute atomic E-state index is 0.305. The number of esters is 1. The van der Waals surface area contributed by atoms with E-state index >= 15 is 0 Å². The molecular weight excluding hydrogens is 409 g/mol. The SMILES string of the molecule is COC(=O)c1cc(Br)cc2c1c(I)cn2C(C)C. The molecule has 0 N–H and O–H groups in total.